The fourth-order valence-electron chi connectivity index (χ4n) is 4.13. The van der Waals surface area contributed by atoms with Gasteiger partial charge in [0.2, 0.25) is 5.95 Å². The summed E-state index contributed by atoms with van der Waals surface area (Å²) >= 11 is 0. The first-order valence-electron chi connectivity index (χ1n) is 11.1. The zero-order valence-electron chi connectivity index (χ0n) is 19.6. The number of methoxy groups -OCH3 is 1. The fourth-order valence-corrected chi connectivity index (χ4v) is 4.13. The van der Waals surface area contributed by atoms with Gasteiger partial charge in [0.15, 0.2) is 17.1 Å². The molecule has 2 N–H and O–H groups in total. The van der Waals surface area contributed by atoms with Crippen molar-refractivity contribution >= 4 is 28.3 Å². The number of carbonyl (C=O) groups excluding carboxylic acids is 1. The molecule has 0 radical (unpaired) electrons. The van der Waals surface area contributed by atoms with E-state index in [0.717, 1.165) is 22.4 Å². The van der Waals surface area contributed by atoms with Crippen molar-refractivity contribution < 1.29 is 19.0 Å². The van der Waals surface area contributed by atoms with Crippen molar-refractivity contribution in [2.24, 2.45) is 0 Å². The van der Waals surface area contributed by atoms with Crippen LogP contribution in [0.2, 0.25) is 0 Å². The van der Waals surface area contributed by atoms with Gasteiger partial charge in [0.1, 0.15) is 18.1 Å². The molecular formula is C27H24N4O4. The fraction of sp³-hybridized carbons (Fsp3) is 0.148. The topological polar surface area (TPSA) is 101 Å². The van der Waals surface area contributed by atoms with Crippen LogP contribution in [0.1, 0.15) is 27.2 Å². The van der Waals surface area contributed by atoms with Crippen molar-refractivity contribution in [2.75, 3.05) is 12.8 Å². The summed E-state index contributed by atoms with van der Waals surface area (Å²) in [6, 6.07) is 21.2. The third-order valence-electron chi connectivity index (χ3n) is 5.77. The third kappa shape index (κ3) is 3.99. The van der Waals surface area contributed by atoms with Crippen LogP contribution in [0, 0.1) is 13.8 Å². The van der Waals surface area contributed by atoms with Crippen LogP contribution in [0.3, 0.4) is 0 Å². The Labute approximate surface area is 201 Å². The van der Waals surface area contributed by atoms with Gasteiger partial charge >= 0.3 is 5.97 Å². The smallest absolute Gasteiger partial charge is 0.360 e. The Morgan fingerprint density at radius 2 is 1.66 bits per heavy atom. The number of pyridine rings is 1. The van der Waals surface area contributed by atoms with Gasteiger partial charge in [-0.15, -0.1) is 5.10 Å². The summed E-state index contributed by atoms with van der Waals surface area (Å²) in [5, 5.41) is 5.53. The zero-order chi connectivity index (χ0) is 24.5. The van der Waals surface area contributed by atoms with E-state index in [4.69, 9.17) is 19.9 Å². The number of fused-ring (bicyclic) bond motifs is 3. The van der Waals surface area contributed by atoms with E-state index < -0.39 is 5.97 Å². The maximum absolute atomic E-state index is 12.9. The van der Waals surface area contributed by atoms with Crippen LogP contribution in [0.15, 0.2) is 66.7 Å². The Morgan fingerprint density at radius 1 is 0.943 bits per heavy atom. The number of nitrogens with two attached hydrogens (primary N) is 1. The second-order valence-electron chi connectivity index (χ2n) is 8.15. The molecule has 0 bridgehead atoms. The van der Waals surface area contributed by atoms with Crippen LogP contribution in [0.5, 0.6) is 17.2 Å². The highest BCUT2D eigenvalue weighted by molar-refractivity contribution is 6.08. The van der Waals surface area contributed by atoms with Gasteiger partial charge in [0, 0.05) is 5.39 Å². The summed E-state index contributed by atoms with van der Waals surface area (Å²) in [6.07, 6.45) is 0. The lowest BCUT2D eigenvalue weighted by Crippen LogP contribution is -2.13. The zero-order valence-corrected chi connectivity index (χ0v) is 19.6. The SMILES string of the molecule is COC(=O)c1c(OCc2ccccc2)c2cccc(Oc3c(C)cccc3C)c2c2nc(N)nn12. The summed E-state index contributed by atoms with van der Waals surface area (Å²) in [5.74, 6) is 0.984. The van der Waals surface area contributed by atoms with Gasteiger partial charge < -0.3 is 19.9 Å². The predicted octanol–water partition coefficient (Wildman–Crippen LogP) is 5.24. The summed E-state index contributed by atoms with van der Waals surface area (Å²) in [6.45, 7) is 4.21. The highest BCUT2D eigenvalue weighted by atomic mass is 16.5. The molecular weight excluding hydrogens is 444 g/mol. The molecule has 0 aliphatic rings. The average molecular weight is 469 g/mol. The van der Waals surface area contributed by atoms with Gasteiger partial charge in [0.25, 0.3) is 0 Å². The summed E-state index contributed by atoms with van der Waals surface area (Å²) in [7, 11) is 1.31. The van der Waals surface area contributed by atoms with Gasteiger partial charge in [-0.2, -0.15) is 9.50 Å². The van der Waals surface area contributed by atoms with Crippen LogP contribution in [-0.4, -0.2) is 27.7 Å². The quantitative estimate of drug-likeness (QED) is 0.340. The largest absolute Gasteiger partial charge is 0.486 e. The molecule has 5 aromatic rings. The van der Waals surface area contributed by atoms with E-state index in [0.29, 0.717) is 27.9 Å². The maximum Gasteiger partial charge on any atom is 0.360 e. The Hall–Kier alpha value is -4.59. The van der Waals surface area contributed by atoms with E-state index in [-0.39, 0.29) is 18.2 Å². The van der Waals surface area contributed by atoms with Crippen molar-refractivity contribution in [2.45, 2.75) is 20.5 Å². The lowest BCUT2D eigenvalue weighted by Gasteiger charge is -2.18. The number of anilines is 1. The molecule has 176 valence electrons. The third-order valence-corrected chi connectivity index (χ3v) is 5.77. The van der Waals surface area contributed by atoms with Crippen molar-refractivity contribution in [3.63, 3.8) is 0 Å². The van der Waals surface area contributed by atoms with Crippen LogP contribution >= 0.6 is 0 Å². The van der Waals surface area contributed by atoms with Crippen molar-refractivity contribution in [1.82, 2.24) is 14.6 Å². The molecule has 0 atom stereocenters. The molecule has 0 saturated heterocycles. The number of para-hydroxylation sites is 1. The number of benzene rings is 3. The molecule has 0 aliphatic carbocycles. The van der Waals surface area contributed by atoms with E-state index in [1.807, 2.05) is 80.6 Å². The molecule has 8 heteroatoms. The van der Waals surface area contributed by atoms with E-state index in [9.17, 15) is 4.79 Å². The van der Waals surface area contributed by atoms with E-state index >= 15 is 0 Å². The molecule has 3 aromatic carbocycles. The van der Waals surface area contributed by atoms with E-state index in [1.54, 1.807) is 0 Å². The second-order valence-corrected chi connectivity index (χ2v) is 8.15. The highest BCUT2D eigenvalue weighted by Crippen LogP contribution is 2.41. The maximum atomic E-state index is 12.9. The molecule has 0 fully saturated rings. The van der Waals surface area contributed by atoms with Gasteiger partial charge in [-0.1, -0.05) is 60.7 Å². The lowest BCUT2D eigenvalue weighted by molar-refractivity contribution is 0.0585. The normalized spacial score (nSPS) is 11.1. The van der Waals surface area contributed by atoms with Gasteiger partial charge in [-0.05, 0) is 36.6 Å². The molecule has 5 rings (SSSR count). The monoisotopic (exact) mass is 468 g/mol. The number of carbonyl (C=O) groups is 1. The second kappa shape index (κ2) is 8.98. The number of rotatable bonds is 6. The molecule has 2 aromatic heterocycles. The first-order valence-corrected chi connectivity index (χ1v) is 11.1. The van der Waals surface area contributed by atoms with Crippen LogP contribution in [0.25, 0.3) is 16.4 Å². The minimum Gasteiger partial charge on any atom is -0.486 e. The van der Waals surface area contributed by atoms with Crippen molar-refractivity contribution in [3.05, 3.63) is 89.1 Å². The molecule has 8 nitrogen and oxygen atoms in total. The number of ether oxygens (including phenoxy) is 3. The number of aryl methyl sites for hydroxylation is 2. The summed E-state index contributed by atoms with van der Waals surface area (Å²) in [4.78, 5) is 17.3. The Bertz CT molecular complexity index is 1540. The van der Waals surface area contributed by atoms with Gasteiger partial charge in [-0.25, -0.2) is 4.79 Å². The number of aromatic nitrogens is 3. The minimum absolute atomic E-state index is 0.0125. The number of esters is 1. The Morgan fingerprint density at radius 3 is 2.37 bits per heavy atom. The van der Waals surface area contributed by atoms with Gasteiger partial charge in [-0.3, -0.25) is 0 Å². The number of nitrogens with zero attached hydrogens (tertiary/aromatic N) is 3. The molecule has 0 spiro atoms. The highest BCUT2D eigenvalue weighted by Gasteiger charge is 2.27. The summed E-state index contributed by atoms with van der Waals surface area (Å²) in [5.41, 5.74) is 9.37. The van der Waals surface area contributed by atoms with Crippen molar-refractivity contribution in [1.29, 1.82) is 0 Å². The standard InChI is InChI=1S/C27H24N4O4/c1-16-9-7-10-17(2)23(16)35-20-14-8-13-19-21(20)25-29-27(28)30-31(25)22(26(32)33-3)24(19)34-15-18-11-5-4-6-12-18/h4-14H,15H2,1-3H3,(H2,28,30). The number of hydrogen-bond donors (Lipinski definition) is 1. The summed E-state index contributed by atoms with van der Waals surface area (Å²) < 4.78 is 19.1. The Kier molecular flexibility index (Phi) is 5.70. The van der Waals surface area contributed by atoms with Crippen molar-refractivity contribution in [3.8, 4) is 17.2 Å². The van der Waals surface area contributed by atoms with Crippen LogP contribution in [-0.2, 0) is 11.3 Å². The molecule has 35 heavy (non-hydrogen) atoms. The number of hydrogen-bond acceptors (Lipinski definition) is 7. The van der Waals surface area contributed by atoms with Crippen LogP contribution in [0.4, 0.5) is 5.95 Å². The average Bonchev–Trinajstić information content (AvgIpc) is 3.25. The number of nitrogen functional groups attached to an aromatic ring is 1. The van der Waals surface area contributed by atoms with E-state index in [2.05, 4.69) is 10.1 Å². The van der Waals surface area contributed by atoms with Crippen LogP contribution < -0.4 is 15.2 Å². The first kappa shape index (κ1) is 22.2. The predicted molar refractivity (Wildman–Crippen MR) is 133 cm³/mol. The van der Waals surface area contributed by atoms with Gasteiger partial charge in [0.05, 0.1) is 12.5 Å². The molecule has 0 saturated carbocycles. The molecule has 2 heterocycles. The molecule has 0 aliphatic heterocycles. The Balaban J connectivity index is 1.77. The minimum atomic E-state index is -0.620. The van der Waals surface area contributed by atoms with E-state index in [1.165, 1.54) is 11.6 Å². The lowest BCUT2D eigenvalue weighted by atomic mass is 10.1. The molecule has 0 unspecified atom stereocenters. The first-order chi connectivity index (χ1) is 17.0. The molecule has 0 amide bonds.